The summed E-state index contributed by atoms with van der Waals surface area (Å²) < 4.78 is 22.1. The number of carbonyl (C=O) groups excluding carboxylic acids is 7. The highest BCUT2D eigenvalue weighted by molar-refractivity contribution is 6.00. The predicted octanol–water partition coefficient (Wildman–Crippen LogP) is 6.26. The van der Waals surface area contributed by atoms with Crippen molar-refractivity contribution in [1.29, 1.82) is 0 Å². The van der Waals surface area contributed by atoms with Crippen LogP contribution < -0.4 is 20.7 Å². The second kappa shape index (κ2) is 25.8. The summed E-state index contributed by atoms with van der Waals surface area (Å²) in [5.41, 5.74) is -0.313. The highest BCUT2D eigenvalue weighted by atomic mass is 16.7. The number of hydrogen-bond donors (Lipinski definition) is 3. The van der Waals surface area contributed by atoms with Crippen molar-refractivity contribution in [3.05, 3.63) is 41.7 Å². The highest BCUT2D eigenvalue weighted by Crippen LogP contribution is 2.30. The van der Waals surface area contributed by atoms with Crippen LogP contribution in [-0.2, 0) is 38.3 Å². The Labute approximate surface area is 347 Å². The molecule has 0 saturated heterocycles. The topological polar surface area (TPSA) is 209 Å². The zero-order chi connectivity index (χ0) is 44.0. The Hall–Kier alpha value is -5.41. The first-order valence-electron chi connectivity index (χ1n) is 20.7. The lowest BCUT2D eigenvalue weighted by Gasteiger charge is -2.33. The minimum absolute atomic E-state index is 0.0589. The van der Waals surface area contributed by atoms with Gasteiger partial charge < -0.3 is 39.4 Å². The van der Waals surface area contributed by atoms with E-state index in [1.54, 1.807) is 52.8 Å². The van der Waals surface area contributed by atoms with E-state index in [4.69, 9.17) is 23.5 Å². The number of esters is 2. The maximum atomic E-state index is 13.5. The third-order valence-electron chi connectivity index (χ3n) is 9.19. The normalized spacial score (nSPS) is 12.6. The summed E-state index contributed by atoms with van der Waals surface area (Å²) in [4.78, 5) is 95.5. The highest BCUT2D eigenvalue weighted by Gasteiger charge is 2.35. The minimum Gasteiger partial charge on any atom is -0.493 e. The lowest BCUT2D eigenvalue weighted by atomic mass is 9.90. The number of unbranched alkanes of at least 4 members (excludes halogenated alkanes) is 4. The molecule has 0 saturated carbocycles. The number of hydroxylamine groups is 2. The Morgan fingerprint density at radius 2 is 1.51 bits per heavy atom. The van der Waals surface area contributed by atoms with Crippen molar-refractivity contribution in [1.82, 2.24) is 21.0 Å². The molecule has 0 aliphatic heterocycles. The summed E-state index contributed by atoms with van der Waals surface area (Å²) in [6.45, 7) is 14.7. The minimum atomic E-state index is -1.29. The van der Waals surface area contributed by atoms with Gasteiger partial charge >= 0.3 is 17.9 Å². The van der Waals surface area contributed by atoms with Gasteiger partial charge in [-0.1, -0.05) is 65.9 Å². The van der Waals surface area contributed by atoms with Crippen LogP contribution in [0.5, 0.6) is 5.75 Å². The lowest BCUT2D eigenvalue weighted by molar-refractivity contribution is -0.211. The molecule has 2 rings (SSSR count). The largest absolute Gasteiger partial charge is 0.493 e. The Morgan fingerprint density at radius 3 is 2.12 bits per heavy atom. The maximum Gasteiger partial charge on any atom is 0.337 e. The molecule has 4 amide bonds. The third-order valence-corrected chi connectivity index (χ3v) is 9.19. The zero-order valence-electron chi connectivity index (χ0n) is 35.9. The smallest absolute Gasteiger partial charge is 0.337 e. The molecule has 328 valence electrons. The van der Waals surface area contributed by atoms with Gasteiger partial charge in [0.15, 0.2) is 5.76 Å². The van der Waals surface area contributed by atoms with E-state index >= 15 is 0 Å². The number of hydrogen-bond acceptors (Lipinski definition) is 12. The van der Waals surface area contributed by atoms with Gasteiger partial charge in [0.05, 0.1) is 55.8 Å². The van der Waals surface area contributed by atoms with Gasteiger partial charge in [-0.05, 0) is 77.6 Å². The molecule has 3 N–H and O–H groups in total. The van der Waals surface area contributed by atoms with Crippen molar-refractivity contribution in [2.75, 3.05) is 26.5 Å². The summed E-state index contributed by atoms with van der Waals surface area (Å²) in [5, 5.41) is 8.84. The summed E-state index contributed by atoms with van der Waals surface area (Å²) in [6.07, 6.45) is 6.12. The first-order chi connectivity index (χ1) is 28.1. The predicted molar refractivity (Wildman–Crippen MR) is 219 cm³/mol. The first kappa shape index (κ1) is 49.7. The SMILES string of the molecule is CCCCC[C@@H](C(=O)NCNC(=O)c1ccc(-c2ccc(C(=O)N[C@@H](CC(=O)OCCCC)C(=O)OCCCC)c(OCC)c2)o1)[C@@H](CC)N(C=O)OC(=O)C(C)(C)C. The van der Waals surface area contributed by atoms with Gasteiger partial charge in [-0.25, -0.2) is 9.59 Å². The number of amides is 4. The molecule has 59 heavy (non-hydrogen) atoms. The van der Waals surface area contributed by atoms with Crippen molar-refractivity contribution >= 4 is 42.0 Å². The van der Waals surface area contributed by atoms with Crippen molar-refractivity contribution in [3.63, 3.8) is 0 Å². The van der Waals surface area contributed by atoms with Crippen LogP contribution in [0.15, 0.2) is 34.7 Å². The molecule has 3 atom stereocenters. The van der Waals surface area contributed by atoms with E-state index in [2.05, 4.69) is 16.0 Å². The van der Waals surface area contributed by atoms with Crippen LogP contribution in [-0.4, -0.2) is 85.7 Å². The van der Waals surface area contributed by atoms with Gasteiger partial charge in [0, 0.05) is 5.56 Å². The maximum absolute atomic E-state index is 13.5. The molecule has 1 heterocycles. The lowest BCUT2D eigenvalue weighted by Crippen LogP contribution is -2.49. The Bertz CT molecular complexity index is 1680. The number of ether oxygens (including phenoxy) is 3. The molecule has 2 aromatic rings. The number of rotatable bonds is 27. The molecule has 16 nitrogen and oxygen atoms in total. The average molecular weight is 829 g/mol. The third kappa shape index (κ3) is 16.4. The molecule has 0 unspecified atom stereocenters. The number of carbonyl (C=O) groups is 7. The van der Waals surface area contributed by atoms with Crippen LogP contribution in [0.4, 0.5) is 0 Å². The first-order valence-corrected chi connectivity index (χ1v) is 20.7. The van der Waals surface area contributed by atoms with E-state index in [1.807, 2.05) is 20.8 Å². The molecular formula is C43H64N4O12. The van der Waals surface area contributed by atoms with Crippen LogP contribution in [0.3, 0.4) is 0 Å². The second-order valence-corrected chi connectivity index (χ2v) is 15.0. The van der Waals surface area contributed by atoms with E-state index < -0.39 is 65.5 Å². The summed E-state index contributed by atoms with van der Waals surface area (Å²) in [7, 11) is 0. The standard InChI is InChI=1S/C43H64N4O12/c1-9-14-17-18-30(33(12-4)47(28-48)59-42(54)43(6,7)8)38(50)44-27-45-40(52)35-22-21-34(58-35)29-19-20-31(36(25-29)55-13-5)39(51)46-32(41(53)57-24-16-11-3)26-37(49)56-23-15-10-2/h19-22,25,28,30,32-33H,9-18,23-24,26-27H2,1-8H3,(H,44,50)(H,45,52)(H,46,51)/t30-,32+,33-/m1/s1. The van der Waals surface area contributed by atoms with Crippen LogP contribution in [0.25, 0.3) is 11.3 Å². The fraction of sp³-hybridized carbons (Fsp3) is 0.605. The van der Waals surface area contributed by atoms with E-state index in [0.717, 1.165) is 30.7 Å². The molecule has 0 radical (unpaired) electrons. The fourth-order valence-corrected chi connectivity index (χ4v) is 5.74. The van der Waals surface area contributed by atoms with Crippen LogP contribution >= 0.6 is 0 Å². The Balaban J connectivity index is 2.19. The zero-order valence-corrected chi connectivity index (χ0v) is 35.9. The molecular weight excluding hydrogens is 764 g/mol. The number of nitrogens with one attached hydrogen (secondary N) is 3. The monoisotopic (exact) mass is 828 g/mol. The Morgan fingerprint density at radius 1 is 0.831 bits per heavy atom. The quantitative estimate of drug-likeness (QED) is 0.0300. The molecule has 0 aliphatic carbocycles. The van der Waals surface area contributed by atoms with E-state index in [1.165, 1.54) is 12.1 Å². The van der Waals surface area contributed by atoms with Gasteiger partial charge in [0.25, 0.3) is 11.8 Å². The molecule has 1 aromatic carbocycles. The van der Waals surface area contributed by atoms with E-state index in [9.17, 15) is 33.6 Å². The van der Waals surface area contributed by atoms with Crippen molar-refractivity contribution in [2.24, 2.45) is 11.3 Å². The average Bonchev–Trinajstić information content (AvgIpc) is 3.70. The van der Waals surface area contributed by atoms with Crippen LogP contribution in [0.2, 0.25) is 0 Å². The molecule has 16 heteroatoms. The number of benzene rings is 1. The molecule has 0 spiro atoms. The van der Waals surface area contributed by atoms with Gasteiger partial charge in [-0.2, -0.15) is 5.06 Å². The van der Waals surface area contributed by atoms with Crippen molar-refractivity contribution in [3.8, 4) is 17.1 Å². The van der Waals surface area contributed by atoms with Gasteiger partial charge in [-0.3, -0.25) is 24.0 Å². The molecule has 0 bridgehead atoms. The Kier molecular flexibility index (Phi) is 21.8. The van der Waals surface area contributed by atoms with Crippen LogP contribution in [0, 0.1) is 11.3 Å². The van der Waals surface area contributed by atoms with Gasteiger partial charge in [-0.15, -0.1) is 0 Å². The number of nitrogens with zero attached hydrogens (tertiary/aromatic N) is 1. The number of furan rings is 1. The summed E-state index contributed by atoms with van der Waals surface area (Å²) in [6, 6.07) is 5.60. The van der Waals surface area contributed by atoms with Crippen LogP contribution in [0.1, 0.15) is 141 Å². The molecule has 0 aliphatic rings. The van der Waals surface area contributed by atoms with Gasteiger partial charge in [0.2, 0.25) is 12.3 Å². The summed E-state index contributed by atoms with van der Waals surface area (Å²) in [5.74, 6) is -4.07. The summed E-state index contributed by atoms with van der Waals surface area (Å²) >= 11 is 0. The fourth-order valence-electron chi connectivity index (χ4n) is 5.74. The molecule has 1 aromatic heterocycles. The van der Waals surface area contributed by atoms with E-state index in [-0.39, 0.29) is 49.3 Å². The van der Waals surface area contributed by atoms with Gasteiger partial charge in [0.1, 0.15) is 17.6 Å². The molecule has 0 fully saturated rings. The van der Waals surface area contributed by atoms with Crippen molar-refractivity contribution < 1.29 is 57.0 Å². The van der Waals surface area contributed by atoms with Crippen molar-refractivity contribution in [2.45, 2.75) is 132 Å². The van der Waals surface area contributed by atoms with E-state index in [0.29, 0.717) is 44.1 Å². The second-order valence-electron chi connectivity index (χ2n) is 15.0.